The molecule has 1 amide bonds. The highest BCUT2D eigenvalue weighted by atomic mass is 16.5. The molecule has 0 saturated carbocycles. The van der Waals surface area contributed by atoms with Crippen molar-refractivity contribution in [3.8, 4) is 11.7 Å². The number of ether oxygens (including phenoxy) is 1. The summed E-state index contributed by atoms with van der Waals surface area (Å²) in [7, 11) is 0. The lowest BCUT2D eigenvalue weighted by atomic mass is 9.92. The van der Waals surface area contributed by atoms with Crippen molar-refractivity contribution in [1.82, 2.24) is 19.7 Å². The van der Waals surface area contributed by atoms with Gasteiger partial charge in [-0.05, 0) is 43.2 Å². The third kappa shape index (κ3) is 5.19. The van der Waals surface area contributed by atoms with Gasteiger partial charge in [0.1, 0.15) is 11.6 Å². The van der Waals surface area contributed by atoms with Crippen LogP contribution in [0.15, 0.2) is 42.7 Å². The molecule has 0 fully saturated rings. The van der Waals surface area contributed by atoms with Crippen LogP contribution in [0.1, 0.15) is 44.0 Å². The molecule has 152 valence electrons. The Kier molecular flexibility index (Phi) is 5.96. The molecule has 1 aromatic carbocycles. The number of carbonyl (C=O) groups is 1. The van der Waals surface area contributed by atoms with E-state index >= 15 is 0 Å². The fraction of sp³-hybridized carbons (Fsp3) is 0.364. The van der Waals surface area contributed by atoms with Crippen LogP contribution in [0.5, 0.6) is 5.75 Å². The predicted octanol–water partition coefficient (Wildman–Crippen LogP) is 3.98. The second-order valence-corrected chi connectivity index (χ2v) is 8.02. The van der Waals surface area contributed by atoms with Crippen molar-refractivity contribution in [2.75, 3.05) is 11.9 Å². The summed E-state index contributed by atoms with van der Waals surface area (Å²) in [4.78, 5) is 21.0. The summed E-state index contributed by atoms with van der Waals surface area (Å²) in [6, 6.07) is 9.50. The molecule has 0 saturated heterocycles. The molecule has 7 nitrogen and oxygen atoms in total. The molecule has 0 spiro atoms. The van der Waals surface area contributed by atoms with E-state index in [-0.39, 0.29) is 24.3 Å². The van der Waals surface area contributed by atoms with E-state index < -0.39 is 0 Å². The molecule has 0 radical (unpaired) electrons. The Hall–Kier alpha value is -3.22. The van der Waals surface area contributed by atoms with Crippen molar-refractivity contribution >= 4 is 11.7 Å². The molecule has 7 heteroatoms. The topological polar surface area (TPSA) is 81.9 Å². The third-order valence-electron chi connectivity index (χ3n) is 4.56. The number of nitrogens with one attached hydrogen (secondary N) is 1. The molecule has 3 aromatic rings. The van der Waals surface area contributed by atoms with E-state index in [0.717, 1.165) is 17.0 Å². The van der Waals surface area contributed by atoms with Crippen molar-refractivity contribution in [1.29, 1.82) is 0 Å². The van der Waals surface area contributed by atoms with Gasteiger partial charge in [0.05, 0.1) is 18.7 Å². The maximum atomic E-state index is 12.5. The maximum absolute atomic E-state index is 12.5. The van der Waals surface area contributed by atoms with Gasteiger partial charge in [-0.15, -0.1) is 0 Å². The fourth-order valence-corrected chi connectivity index (χ4v) is 2.66. The van der Waals surface area contributed by atoms with Crippen LogP contribution in [0.3, 0.4) is 0 Å². The zero-order valence-electron chi connectivity index (χ0n) is 17.6. The SMILES string of the molecule is Cc1ccc(OCCC(=O)Nc2cc(C(C)(C)C)nn2-c2ncccn2)cc1C. The molecule has 1 N–H and O–H groups in total. The summed E-state index contributed by atoms with van der Waals surface area (Å²) in [6.07, 6.45) is 3.51. The lowest BCUT2D eigenvalue weighted by Crippen LogP contribution is -2.18. The van der Waals surface area contributed by atoms with Crippen LogP contribution in [-0.4, -0.2) is 32.3 Å². The van der Waals surface area contributed by atoms with Gasteiger partial charge in [-0.25, -0.2) is 9.97 Å². The van der Waals surface area contributed by atoms with Crippen molar-refractivity contribution in [3.63, 3.8) is 0 Å². The van der Waals surface area contributed by atoms with Gasteiger partial charge in [0.2, 0.25) is 5.91 Å². The zero-order chi connectivity index (χ0) is 21.0. The number of amides is 1. The second kappa shape index (κ2) is 8.43. The average Bonchev–Trinajstić information content (AvgIpc) is 3.09. The molecule has 0 atom stereocenters. The van der Waals surface area contributed by atoms with Gasteiger partial charge in [-0.2, -0.15) is 9.78 Å². The van der Waals surface area contributed by atoms with Gasteiger partial charge in [0.15, 0.2) is 0 Å². The van der Waals surface area contributed by atoms with E-state index in [2.05, 4.69) is 48.1 Å². The number of hydrogen-bond donors (Lipinski definition) is 1. The van der Waals surface area contributed by atoms with Gasteiger partial charge >= 0.3 is 0 Å². The Balaban J connectivity index is 1.69. The van der Waals surface area contributed by atoms with Crippen LogP contribution in [0.2, 0.25) is 0 Å². The summed E-state index contributed by atoms with van der Waals surface area (Å²) in [5, 5.41) is 7.51. The standard InChI is InChI=1S/C22H27N5O2/c1-15-7-8-17(13-16(15)2)29-12-9-20(28)25-19-14-18(22(3,4)5)26-27(19)21-23-10-6-11-24-21/h6-8,10-11,13-14H,9,12H2,1-5H3,(H,25,28). The number of carbonyl (C=O) groups excluding carboxylic acids is 1. The Bertz CT molecular complexity index is 990. The first-order valence-electron chi connectivity index (χ1n) is 9.62. The maximum Gasteiger partial charge on any atom is 0.252 e. The van der Waals surface area contributed by atoms with E-state index in [1.807, 2.05) is 31.2 Å². The number of rotatable bonds is 6. The molecule has 0 bridgehead atoms. The molecular weight excluding hydrogens is 366 g/mol. The Morgan fingerprint density at radius 2 is 1.83 bits per heavy atom. The summed E-state index contributed by atoms with van der Waals surface area (Å²) in [5.41, 5.74) is 3.03. The lowest BCUT2D eigenvalue weighted by Gasteiger charge is -2.13. The van der Waals surface area contributed by atoms with Crippen molar-refractivity contribution in [3.05, 3.63) is 59.5 Å². The monoisotopic (exact) mass is 393 g/mol. The summed E-state index contributed by atoms with van der Waals surface area (Å²) >= 11 is 0. The number of benzene rings is 1. The highest BCUT2D eigenvalue weighted by molar-refractivity contribution is 5.90. The molecular formula is C22H27N5O2. The molecule has 0 aliphatic carbocycles. The van der Waals surface area contributed by atoms with Crippen LogP contribution < -0.4 is 10.1 Å². The van der Waals surface area contributed by atoms with E-state index in [0.29, 0.717) is 11.8 Å². The lowest BCUT2D eigenvalue weighted by molar-refractivity contribution is -0.116. The molecule has 29 heavy (non-hydrogen) atoms. The van der Waals surface area contributed by atoms with Gasteiger partial charge in [0.25, 0.3) is 5.95 Å². The van der Waals surface area contributed by atoms with Crippen LogP contribution in [0.4, 0.5) is 5.82 Å². The second-order valence-electron chi connectivity index (χ2n) is 8.02. The normalized spacial score (nSPS) is 11.3. The molecule has 3 rings (SSSR count). The molecule has 0 aliphatic heterocycles. The zero-order valence-corrected chi connectivity index (χ0v) is 17.6. The average molecular weight is 393 g/mol. The predicted molar refractivity (Wildman–Crippen MR) is 113 cm³/mol. The van der Waals surface area contributed by atoms with Gasteiger partial charge < -0.3 is 10.1 Å². The summed E-state index contributed by atoms with van der Waals surface area (Å²) in [6.45, 7) is 10.6. The van der Waals surface area contributed by atoms with E-state index in [9.17, 15) is 4.79 Å². The molecule has 2 heterocycles. The number of aromatic nitrogens is 4. The number of hydrogen-bond acceptors (Lipinski definition) is 5. The van der Waals surface area contributed by atoms with Crippen molar-refractivity contribution < 1.29 is 9.53 Å². The minimum Gasteiger partial charge on any atom is -0.493 e. The van der Waals surface area contributed by atoms with Crippen LogP contribution >= 0.6 is 0 Å². The number of anilines is 1. The van der Waals surface area contributed by atoms with Crippen LogP contribution in [0.25, 0.3) is 5.95 Å². The number of nitrogens with zero attached hydrogens (tertiary/aromatic N) is 4. The van der Waals surface area contributed by atoms with Crippen LogP contribution in [0, 0.1) is 13.8 Å². The van der Waals surface area contributed by atoms with E-state index in [1.165, 1.54) is 5.56 Å². The highest BCUT2D eigenvalue weighted by Gasteiger charge is 2.22. The first-order chi connectivity index (χ1) is 13.7. The van der Waals surface area contributed by atoms with Gasteiger partial charge in [0, 0.05) is 23.9 Å². The highest BCUT2D eigenvalue weighted by Crippen LogP contribution is 2.25. The van der Waals surface area contributed by atoms with E-state index in [1.54, 1.807) is 23.1 Å². The Morgan fingerprint density at radius 3 is 2.48 bits per heavy atom. The number of aryl methyl sites for hydroxylation is 2. The smallest absolute Gasteiger partial charge is 0.252 e. The molecule has 0 aliphatic rings. The van der Waals surface area contributed by atoms with Crippen molar-refractivity contribution in [2.45, 2.75) is 46.5 Å². The summed E-state index contributed by atoms with van der Waals surface area (Å²) in [5.74, 6) is 1.55. The fourth-order valence-electron chi connectivity index (χ4n) is 2.66. The molecule has 2 aromatic heterocycles. The quantitative estimate of drug-likeness (QED) is 0.685. The van der Waals surface area contributed by atoms with Gasteiger partial charge in [-0.1, -0.05) is 26.8 Å². The first kappa shape index (κ1) is 20.5. The molecule has 0 unspecified atom stereocenters. The van der Waals surface area contributed by atoms with Crippen molar-refractivity contribution in [2.24, 2.45) is 0 Å². The first-order valence-corrected chi connectivity index (χ1v) is 9.62. The van der Waals surface area contributed by atoms with E-state index in [4.69, 9.17) is 4.74 Å². The minimum atomic E-state index is -0.175. The third-order valence-corrected chi connectivity index (χ3v) is 4.56. The van der Waals surface area contributed by atoms with Gasteiger partial charge in [-0.3, -0.25) is 4.79 Å². The Labute approximate surface area is 171 Å². The minimum absolute atomic E-state index is 0.161. The largest absolute Gasteiger partial charge is 0.493 e. The van der Waals surface area contributed by atoms with Crippen LogP contribution in [-0.2, 0) is 10.2 Å². The Morgan fingerprint density at radius 1 is 1.10 bits per heavy atom. The summed E-state index contributed by atoms with van der Waals surface area (Å²) < 4.78 is 7.27.